The van der Waals surface area contributed by atoms with Gasteiger partial charge in [-0.15, -0.1) is 0 Å². The van der Waals surface area contributed by atoms with Crippen LogP contribution in [0.5, 0.6) is 0 Å². The first-order valence-electron chi connectivity index (χ1n) is 7.22. The molecule has 0 bridgehead atoms. The summed E-state index contributed by atoms with van der Waals surface area (Å²) in [5.41, 5.74) is 6.19. The Morgan fingerprint density at radius 1 is 1.33 bits per heavy atom. The molecular weight excluding hydrogens is 268 g/mol. The lowest BCUT2D eigenvalue weighted by molar-refractivity contribution is -0.123. The molecule has 1 aliphatic heterocycles. The van der Waals surface area contributed by atoms with Gasteiger partial charge in [0.25, 0.3) is 0 Å². The fourth-order valence-corrected chi connectivity index (χ4v) is 2.57. The van der Waals surface area contributed by atoms with E-state index in [2.05, 4.69) is 27.7 Å². The number of amides is 3. The number of benzene rings is 1. The van der Waals surface area contributed by atoms with Crippen molar-refractivity contribution in [2.75, 3.05) is 18.0 Å². The summed E-state index contributed by atoms with van der Waals surface area (Å²) < 4.78 is 0. The molecule has 1 aliphatic rings. The Labute approximate surface area is 124 Å². The fourth-order valence-electron chi connectivity index (χ4n) is 2.57. The molecule has 0 radical (unpaired) electrons. The van der Waals surface area contributed by atoms with E-state index in [1.54, 1.807) is 6.92 Å². The van der Waals surface area contributed by atoms with Crippen molar-refractivity contribution in [2.45, 2.75) is 31.8 Å². The Morgan fingerprint density at radius 3 is 2.71 bits per heavy atom. The Kier molecular flexibility index (Phi) is 5.03. The van der Waals surface area contributed by atoms with Gasteiger partial charge in [-0.05, 0) is 31.9 Å². The molecule has 1 fully saturated rings. The highest BCUT2D eigenvalue weighted by Crippen LogP contribution is 2.19. The number of nitrogens with two attached hydrogens (primary N) is 1. The normalized spacial score (nSPS) is 19.7. The van der Waals surface area contributed by atoms with Crippen LogP contribution in [0, 0.1) is 0 Å². The topological polar surface area (TPSA) is 87.5 Å². The van der Waals surface area contributed by atoms with E-state index < -0.39 is 12.1 Å². The molecule has 4 N–H and O–H groups in total. The van der Waals surface area contributed by atoms with Crippen LogP contribution in [-0.2, 0) is 4.79 Å². The van der Waals surface area contributed by atoms with E-state index in [1.807, 2.05) is 18.2 Å². The summed E-state index contributed by atoms with van der Waals surface area (Å²) in [6.07, 6.45) is 1.97. The van der Waals surface area contributed by atoms with E-state index in [1.165, 1.54) is 5.69 Å². The monoisotopic (exact) mass is 290 g/mol. The first-order chi connectivity index (χ1) is 10.1. The number of nitrogens with zero attached hydrogens (tertiary/aromatic N) is 1. The first-order valence-corrected chi connectivity index (χ1v) is 7.22. The van der Waals surface area contributed by atoms with E-state index in [0.717, 1.165) is 25.9 Å². The van der Waals surface area contributed by atoms with Crippen molar-refractivity contribution in [3.05, 3.63) is 30.3 Å². The third kappa shape index (κ3) is 4.37. The summed E-state index contributed by atoms with van der Waals surface area (Å²) in [6, 6.07) is 8.94. The number of hydrogen-bond donors (Lipinski definition) is 3. The van der Waals surface area contributed by atoms with Crippen molar-refractivity contribution < 1.29 is 9.59 Å². The summed E-state index contributed by atoms with van der Waals surface area (Å²) >= 11 is 0. The Morgan fingerprint density at radius 2 is 2.05 bits per heavy atom. The second-order valence-electron chi connectivity index (χ2n) is 5.36. The minimum atomic E-state index is -0.688. The minimum absolute atomic E-state index is 0.0867. The van der Waals surface area contributed by atoms with Gasteiger partial charge < -0.3 is 21.3 Å². The van der Waals surface area contributed by atoms with Gasteiger partial charge in [0.1, 0.15) is 6.04 Å². The smallest absolute Gasteiger partial charge is 0.312 e. The zero-order chi connectivity index (χ0) is 15.2. The maximum atomic E-state index is 12.0. The molecule has 0 saturated carbocycles. The van der Waals surface area contributed by atoms with Crippen molar-refractivity contribution in [1.82, 2.24) is 10.6 Å². The van der Waals surface area contributed by atoms with Gasteiger partial charge in [-0.1, -0.05) is 18.2 Å². The molecule has 1 aromatic rings. The van der Waals surface area contributed by atoms with Crippen LogP contribution in [0.25, 0.3) is 0 Å². The molecule has 0 spiro atoms. The SMILES string of the molecule is CC(NC(N)=O)C(=O)NC1CCCN(c2ccccc2)C1. The van der Waals surface area contributed by atoms with Crippen LogP contribution in [0.2, 0.25) is 0 Å². The molecule has 0 aromatic heterocycles. The van der Waals surface area contributed by atoms with Crippen LogP contribution in [-0.4, -0.2) is 37.1 Å². The lowest BCUT2D eigenvalue weighted by Crippen LogP contribution is -2.53. The van der Waals surface area contributed by atoms with Crippen LogP contribution in [0.3, 0.4) is 0 Å². The summed E-state index contributed by atoms with van der Waals surface area (Å²) in [6.45, 7) is 3.39. The molecule has 114 valence electrons. The van der Waals surface area contributed by atoms with E-state index in [4.69, 9.17) is 5.73 Å². The van der Waals surface area contributed by atoms with Crippen molar-refractivity contribution >= 4 is 17.6 Å². The van der Waals surface area contributed by atoms with Crippen LogP contribution in [0.4, 0.5) is 10.5 Å². The van der Waals surface area contributed by atoms with Crippen molar-refractivity contribution in [3.63, 3.8) is 0 Å². The Hall–Kier alpha value is -2.24. The van der Waals surface area contributed by atoms with Gasteiger partial charge in [0, 0.05) is 24.8 Å². The van der Waals surface area contributed by atoms with Gasteiger partial charge in [0.15, 0.2) is 0 Å². The zero-order valence-corrected chi connectivity index (χ0v) is 12.2. The van der Waals surface area contributed by atoms with Gasteiger partial charge in [-0.25, -0.2) is 4.79 Å². The number of primary amides is 1. The molecule has 2 unspecified atom stereocenters. The Bertz CT molecular complexity index is 492. The molecule has 6 heteroatoms. The average molecular weight is 290 g/mol. The highest BCUT2D eigenvalue weighted by molar-refractivity contribution is 5.86. The van der Waals surface area contributed by atoms with Gasteiger partial charge in [0.05, 0.1) is 0 Å². The van der Waals surface area contributed by atoms with Crippen molar-refractivity contribution in [2.24, 2.45) is 5.73 Å². The molecule has 0 aliphatic carbocycles. The summed E-state index contributed by atoms with van der Waals surface area (Å²) in [7, 11) is 0. The maximum Gasteiger partial charge on any atom is 0.312 e. The van der Waals surface area contributed by atoms with Crippen LogP contribution < -0.4 is 21.3 Å². The number of urea groups is 1. The third-order valence-corrected chi connectivity index (χ3v) is 3.64. The highest BCUT2D eigenvalue weighted by Gasteiger charge is 2.23. The predicted octanol–water partition coefficient (Wildman–Crippen LogP) is 0.828. The first kappa shape index (κ1) is 15.2. The number of nitrogens with one attached hydrogen (secondary N) is 2. The molecule has 1 heterocycles. The van der Waals surface area contributed by atoms with Crippen molar-refractivity contribution in [1.29, 1.82) is 0 Å². The Balaban J connectivity index is 1.89. The molecule has 1 aromatic carbocycles. The van der Waals surface area contributed by atoms with E-state index in [-0.39, 0.29) is 11.9 Å². The van der Waals surface area contributed by atoms with E-state index in [9.17, 15) is 9.59 Å². The van der Waals surface area contributed by atoms with Gasteiger partial charge >= 0.3 is 6.03 Å². The van der Waals surface area contributed by atoms with Crippen LogP contribution in [0.15, 0.2) is 30.3 Å². The number of rotatable bonds is 4. The second kappa shape index (κ2) is 6.97. The molecule has 3 amide bonds. The van der Waals surface area contributed by atoms with E-state index >= 15 is 0 Å². The number of piperidine rings is 1. The summed E-state index contributed by atoms with van der Waals surface area (Å²) in [5.74, 6) is -0.200. The quantitative estimate of drug-likeness (QED) is 0.767. The lowest BCUT2D eigenvalue weighted by Gasteiger charge is -2.35. The van der Waals surface area contributed by atoms with Gasteiger partial charge in [0.2, 0.25) is 5.91 Å². The predicted molar refractivity (Wildman–Crippen MR) is 82.0 cm³/mol. The molecule has 21 heavy (non-hydrogen) atoms. The standard InChI is InChI=1S/C15H22N4O2/c1-11(17-15(16)21)14(20)18-12-6-5-9-19(10-12)13-7-3-2-4-8-13/h2-4,7-8,11-12H,5-6,9-10H2,1H3,(H,18,20)(H3,16,17,21). The summed E-state index contributed by atoms with van der Waals surface area (Å²) in [4.78, 5) is 25.0. The van der Waals surface area contributed by atoms with E-state index in [0.29, 0.717) is 0 Å². The summed E-state index contributed by atoms with van der Waals surface area (Å²) in [5, 5.41) is 5.36. The molecule has 2 rings (SSSR count). The fraction of sp³-hybridized carbons (Fsp3) is 0.467. The number of carbonyl (C=O) groups is 2. The average Bonchev–Trinajstić information content (AvgIpc) is 2.47. The number of hydrogen-bond acceptors (Lipinski definition) is 3. The number of anilines is 1. The highest BCUT2D eigenvalue weighted by atomic mass is 16.2. The molecular formula is C15H22N4O2. The second-order valence-corrected chi connectivity index (χ2v) is 5.36. The van der Waals surface area contributed by atoms with Crippen molar-refractivity contribution in [3.8, 4) is 0 Å². The lowest BCUT2D eigenvalue weighted by atomic mass is 10.0. The largest absolute Gasteiger partial charge is 0.369 e. The number of para-hydroxylation sites is 1. The molecule has 2 atom stereocenters. The zero-order valence-electron chi connectivity index (χ0n) is 12.2. The van der Waals surface area contributed by atoms with Gasteiger partial charge in [-0.2, -0.15) is 0 Å². The molecule has 6 nitrogen and oxygen atoms in total. The minimum Gasteiger partial charge on any atom is -0.369 e. The molecule has 1 saturated heterocycles. The third-order valence-electron chi connectivity index (χ3n) is 3.64. The van der Waals surface area contributed by atoms with Crippen LogP contribution in [0.1, 0.15) is 19.8 Å². The van der Waals surface area contributed by atoms with Gasteiger partial charge in [-0.3, -0.25) is 4.79 Å². The van der Waals surface area contributed by atoms with Crippen LogP contribution >= 0.6 is 0 Å². The number of carbonyl (C=O) groups excluding carboxylic acids is 2. The maximum absolute atomic E-state index is 12.0.